The molecule has 8 heteroatoms. The minimum absolute atomic E-state index is 0.0639. The fourth-order valence-corrected chi connectivity index (χ4v) is 1.90. The molecule has 0 aromatic heterocycles. The summed E-state index contributed by atoms with van der Waals surface area (Å²) < 4.78 is 4.75. The monoisotopic (exact) mass is 275 g/mol. The molecule has 0 bridgehead atoms. The molecule has 8 nitrogen and oxygen atoms in total. The largest absolute Gasteiger partial charge is 0.480 e. The minimum atomic E-state index is -1.12. The van der Waals surface area contributed by atoms with E-state index in [2.05, 4.69) is 5.32 Å². The number of methoxy groups -OCH3 is 1. The fraction of sp³-hybridized carbons (Fsp3) is 0.818. The Morgan fingerprint density at radius 2 is 1.95 bits per heavy atom. The highest BCUT2D eigenvalue weighted by Crippen LogP contribution is 2.02. The van der Waals surface area contributed by atoms with E-state index in [1.165, 1.54) is 7.11 Å². The van der Waals surface area contributed by atoms with Gasteiger partial charge in [-0.1, -0.05) is 0 Å². The van der Waals surface area contributed by atoms with Crippen molar-refractivity contribution >= 4 is 12.0 Å². The molecule has 1 heterocycles. The summed E-state index contributed by atoms with van der Waals surface area (Å²) in [6.45, 7) is 3.02. The molecule has 110 valence electrons. The summed E-state index contributed by atoms with van der Waals surface area (Å²) in [5.74, 6) is -1.12. The van der Waals surface area contributed by atoms with Gasteiger partial charge < -0.3 is 25.2 Å². The van der Waals surface area contributed by atoms with E-state index in [1.54, 1.807) is 4.90 Å². The van der Waals surface area contributed by atoms with Crippen LogP contribution in [0.4, 0.5) is 4.79 Å². The van der Waals surface area contributed by atoms with Crippen molar-refractivity contribution in [3.63, 3.8) is 0 Å². The quantitative estimate of drug-likeness (QED) is 0.540. The second kappa shape index (κ2) is 7.93. The lowest BCUT2D eigenvalue weighted by Crippen LogP contribution is -2.55. The molecule has 1 fully saturated rings. The van der Waals surface area contributed by atoms with Crippen molar-refractivity contribution in [1.82, 2.24) is 15.1 Å². The first-order valence-corrected chi connectivity index (χ1v) is 6.19. The lowest BCUT2D eigenvalue weighted by molar-refractivity contribution is -0.140. The van der Waals surface area contributed by atoms with Crippen molar-refractivity contribution in [2.75, 3.05) is 53.0 Å². The van der Waals surface area contributed by atoms with Crippen LogP contribution in [0.3, 0.4) is 0 Å². The van der Waals surface area contributed by atoms with E-state index in [4.69, 9.17) is 14.9 Å². The highest BCUT2D eigenvalue weighted by atomic mass is 16.5. The summed E-state index contributed by atoms with van der Waals surface area (Å²) in [4.78, 5) is 26.4. The van der Waals surface area contributed by atoms with Crippen LogP contribution in [-0.2, 0) is 9.53 Å². The Hall–Kier alpha value is -1.38. The van der Waals surface area contributed by atoms with Gasteiger partial charge in [0.25, 0.3) is 0 Å². The van der Waals surface area contributed by atoms with Crippen LogP contribution in [0.1, 0.15) is 0 Å². The predicted molar refractivity (Wildman–Crippen MR) is 66.9 cm³/mol. The molecule has 1 atom stereocenters. The maximum Gasteiger partial charge on any atom is 0.328 e. The fourth-order valence-electron chi connectivity index (χ4n) is 1.90. The minimum Gasteiger partial charge on any atom is -0.480 e. The van der Waals surface area contributed by atoms with Crippen molar-refractivity contribution < 1.29 is 24.5 Å². The summed E-state index contributed by atoms with van der Waals surface area (Å²) in [6.07, 6.45) is 0. The summed E-state index contributed by atoms with van der Waals surface area (Å²) in [5, 5.41) is 20.2. The molecule has 0 aliphatic carbocycles. The number of aliphatic hydroxyl groups is 1. The van der Waals surface area contributed by atoms with E-state index < -0.39 is 18.0 Å². The third kappa shape index (κ3) is 5.01. The number of rotatable bonds is 6. The van der Waals surface area contributed by atoms with E-state index in [-0.39, 0.29) is 13.2 Å². The zero-order valence-corrected chi connectivity index (χ0v) is 11.0. The van der Waals surface area contributed by atoms with Gasteiger partial charge in [0.1, 0.15) is 0 Å². The van der Waals surface area contributed by atoms with Crippen LogP contribution in [0, 0.1) is 0 Å². The Bertz CT molecular complexity index is 305. The van der Waals surface area contributed by atoms with Crippen molar-refractivity contribution in [3.05, 3.63) is 0 Å². The van der Waals surface area contributed by atoms with Crippen LogP contribution in [0.5, 0.6) is 0 Å². The maximum absolute atomic E-state index is 11.9. The van der Waals surface area contributed by atoms with Crippen LogP contribution >= 0.6 is 0 Å². The average molecular weight is 275 g/mol. The van der Waals surface area contributed by atoms with Crippen LogP contribution in [0.25, 0.3) is 0 Å². The zero-order chi connectivity index (χ0) is 14.3. The van der Waals surface area contributed by atoms with Gasteiger partial charge in [-0.3, -0.25) is 4.90 Å². The van der Waals surface area contributed by atoms with E-state index in [0.717, 1.165) is 0 Å². The van der Waals surface area contributed by atoms with Crippen molar-refractivity contribution in [2.24, 2.45) is 0 Å². The van der Waals surface area contributed by atoms with Crippen LogP contribution in [0.2, 0.25) is 0 Å². The van der Waals surface area contributed by atoms with E-state index in [1.807, 2.05) is 4.90 Å². The third-order valence-electron chi connectivity index (χ3n) is 3.00. The van der Waals surface area contributed by atoms with Crippen LogP contribution in [-0.4, -0.2) is 91.1 Å². The number of nitrogens with zero attached hydrogens (tertiary/aromatic N) is 2. The van der Waals surface area contributed by atoms with E-state index in [0.29, 0.717) is 32.7 Å². The van der Waals surface area contributed by atoms with Crippen molar-refractivity contribution in [1.29, 1.82) is 0 Å². The van der Waals surface area contributed by atoms with Crippen LogP contribution < -0.4 is 5.32 Å². The van der Waals surface area contributed by atoms with E-state index in [9.17, 15) is 9.59 Å². The molecule has 1 aliphatic rings. The molecule has 3 N–H and O–H groups in total. The molecule has 0 spiro atoms. The van der Waals surface area contributed by atoms with Gasteiger partial charge in [-0.2, -0.15) is 0 Å². The molecule has 2 amide bonds. The molecule has 0 radical (unpaired) electrons. The van der Waals surface area contributed by atoms with Gasteiger partial charge in [0, 0.05) is 39.8 Å². The van der Waals surface area contributed by atoms with Gasteiger partial charge in [-0.05, 0) is 0 Å². The molecular formula is C11H21N3O5. The average Bonchev–Trinajstić information content (AvgIpc) is 2.39. The molecule has 0 saturated carbocycles. The number of nitrogens with one attached hydrogen (secondary N) is 1. The number of hydrogen-bond donors (Lipinski definition) is 3. The first kappa shape index (κ1) is 15.7. The number of carboxylic acids is 1. The molecule has 0 aromatic rings. The Labute approximate surface area is 111 Å². The number of hydrogen-bond acceptors (Lipinski definition) is 5. The molecule has 1 aliphatic heterocycles. The number of carboxylic acid groups (broad SMARTS) is 1. The predicted octanol–water partition coefficient (Wildman–Crippen LogP) is -1.59. The number of urea groups is 1. The van der Waals surface area contributed by atoms with Gasteiger partial charge in [0.2, 0.25) is 0 Å². The molecule has 0 aromatic carbocycles. The van der Waals surface area contributed by atoms with Gasteiger partial charge in [-0.15, -0.1) is 0 Å². The van der Waals surface area contributed by atoms with Gasteiger partial charge in [-0.25, -0.2) is 9.59 Å². The maximum atomic E-state index is 11.9. The molecular weight excluding hydrogens is 254 g/mol. The highest BCUT2D eigenvalue weighted by molar-refractivity contribution is 5.82. The molecule has 19 heavy (non-hydrogen) atoms. The van der Waals surface area contributed by atoms with Crippen LogP contribution in [0.15, 0.2) is 0 Å². The number of carbonyl (C=O) groups excluding carboxylic acids is 1. The second-order valence-corrected chi connectivity index (χ2v) is 4.35. The smallest absolute Gasteiger partial charge is 0.328 e. The molecule has 1 saturated heterocycles. The number of aliphatic carboxylic acids is 1. The van der Waals surface area contributed by atoms with E-state index >= 15 is 0 Å². The third-order valence-corrected chi connectivity index (χ3v) is 3.00. The number of carbonyl (C=O) groups is 2. The van der Waals surface area contributed by atoms with Crippen molar-refractivity contribution in [3.8, 4) is 0 Å². The first-order valence-electron chi connectivity index (χ1n) is 6.19. The standard InChI is InChI=1S/C11H21N3O5/c1-19-8-9(10(16)17)12-11(18)14-4-2-13(3-5-14)6-7-15/h9,15H,2-8H2,1H3,(H,12,18)(H,16,17). The number of aliphatic hydroxyl groups excluding tert-OH is 1. The lowest BCUT2D eigenvalue weighted by Gasteiger charge is -2.34. The normalized spacial score (nSPS) is 18.1. The second-order valence-electron chi connectivity index (χ2n) is 4.35. The summed E-state index contributed by atoms with van der Waals surface area (Å²) in [7, 11) is 1.38. The van der Waals surface area contributed by atoms with Crippen molar-refractivity contribution in [2.45, 2.75) is 6.04 Å². The number of β-amino-alcohol motifs (C(OH)–C–C–N with tert-alkyl or cyclic N) is 1. The topological polar surface area (TPSA) is 102 Å². The lowest BCUT2D eigenvalue weighted by atomic mass is 10.3. The highest BCUT2D eigenvalue weighted by Gasteiger charge is 2.25. The number of piperazine rings is 1. The number of amides is 2. The summed E-state index contributed by atoms with van der Waals surface area (Å²) in [5.41, 5.74) is 0. The Morgan fingerprint density at radius 3 is 2.42 bits per heavy atom. The van der Waals surface area contributed by atoms with Gasteiger partial charge in [0.15, 0.2) is 6.04 Å². The van der Waals surface area contributed by atoms with Gasteiger partial charge in [0.05, 0.1) is 13.2 Å². The summed E-state index contributed by atoms with van der Waals surface area (Å²) in [6, 6.07) is -1.43. The molecule has 1 rings (SSSR count). The summed E-state index contributed by atoms with van der Waals surface area (Å²) >= 11 is 0. The molecule has 1 unspecified atom stereocenters. The Balaban J connectivity index is 2.39. The first-order chi connectivity index (χ1) is 9.08. The SMILES string of the molecule is COCC(NC(=O)N1CCN(CCO)CC1)C(=O)O. The zero-order valence-electron chi connectivity index (χ0n) is 11.0. The number of ether oxygens (including phenoxy) is 1. The Morgan fingerprint density at radius 1 is 1.32 bits per heavy atom. The van der Waals surface area contributed by atoms with Gasteiger partial charge >= 0.3 is 12.0 Å². The Kier molecular flexibility index (Phi) is 6.54.